The second kappa shape index (κ2) is 6.49. The van der Waals surface area contributed by atoms with Gasteiger partial charge < -0.3 is 15.0 Å². The third kappa shape index (κ3) is 3.19. The highest BCUT2D eigenvalue weighted by Gasteiger charge is 2.13. The van der Waals surface area contributed by atoms with Crippen molar-refractivity contribution in [2.45, 2.75) is 6.92 Å². The summed E-state index contributed by atoms with van der Waals surface area (Å²) in [7, 11) is 1.52. The number of ether oxygens (including phenoxy) is 1. The van der Waals surface area contributed by atoms with Gasteiger partial charge >= 0.3 is 0 Å². The summed E-state index contributed by atoms with van der Waals surface area (Å²) in [5, 5.41) is 3.73. The van der Waals surface area contributed by atoms with E-state index >= 15 is 0 Å². The number of aromatic amines is 1. The number of carbonyl (C=O) groups is 1. The zero-order valence-corrected chi connectivity index (χ0v) is 14.7. The number of aryl methyl sites for hydroxylation is 1. The van der Waals surface area contributed by atoms with Crippen molar-refractivity contribution in [1.29, 1.82) is 0 Å². The summed E-state index contributed by atoms with van der Waals surface area (Å²) in [5.41, 5.74) is 2.20. The van der Waals surface area contributed by atoms with Gasteiger partial charge in [0.2, 0.25) is 0 Å². The third-order valence-electron chi connectivity index (χ3n) is 3.70. The third-order valence-corrected chi connectivity index (χ3v) is 4.19. The molecule has 5 nitrogen and oxygen atoms in total. The van der Waals surface area contributed by atoms with E-state index in [1.807, 2.05) is 12.1 Å². The average Bonchev–Trinajstić information content (AvgIpc) is 2.56. The first kappa shape index (κ1) is 16.3. The number of rotatable bonds is 3. The fourth-order valence-corrected chi connectivity index (χ4v) is 2.81. The van der Waals surface area contributed by atoms with Gasteiger partial charge in [-0.3, -0.25) is 9.59 Å². The van der Waals surface area contributed by atoms with Crippen molar-refractivity contribution in [3.63, 3.8) is 0 Å². The second-order valence-electron chi connectivity index (χ2n) is 5.38. The molecular formula is C18H15BrN2O3. The molecule has 2 aromatic carbocycles. The summed E-state index contributed by atoms with van der Waals surface area (Å²) in [6.07, 6.45) is 0. The Bertz CT molecular complexity index is 995. The van der Waals surface area contributed by atoms with Crippen molar-refractivity contribution >= 4 is 38.4 Å². The Hall–Kier alpha value is -2.60. The first-order valence-electron chi connectivity index (χ1n) is 7.26. The van der Waals surface area contributed by atoms with Crippen LogP contribution in [-0.2, 0) is 0 Å². The second-order valence-corrected chi connectivity index (χ2v) is 6.30. The van der Waals surface area contributed by atoms with Crippen LogP contribution >= 0.6 is 15.9 Å². The molecule has 0 aliphatic heterocycles. The number of carbonyl (C=O) groups excluding carboxylic acids is 1. The van der Waals surface area contributed by atoms with Crippen molar-refractivity contribution in [1.82, 2.24) is 4.98 Å². The van der Waals surface area contributed by atoms with Crippen LogP contribution in [0, 0.1) is 6.92 Å². The molecule has 0 radical (unpaired) electrons. The van der Waals surface area contributed by atoms with Gasteiger partial charge in [0, 0.05) is 15.7 Å². The van der Waals surface area contributed by atoms with Gasteiger partial charge in [-0.05, 0) is 48.7 Å². The van der Waals surface area contributed by atoms with E-state index in [-0.39, 0.29) is 11.5 Å². The number of pyridine rings is 1. The van der Waals surface area contributed by atoms with Gasteiger partial charge in [-0.1, -0.05) is 22.0 Å². The Kier molecular flexibility index (Phi) is 4.40. The van der Waals surface area contributed by atoms with Crippen LogP contribution in [0.25, 0.3) is 10.9 Å². The molecule has 0 aliphatic rings. The summed E-state index contributed by atoms with van der Waals surface area (Å²) in [6, 6.07) is 12.4. The van der Waals surface area contributed by atoms with Gasteiger partial charge in [-0.25, -0.2) is 0 Å². The Morgan fingerprint density at radius 3 is 2.71 bits per heavy atom. The molecule has 0 saturated carbocycles. The molecule has 0 fully saturated rings. The molecule has 1 aromatic heterocycles. The minimum Gasteiger partial charge on any atom is -0.496 e. The van der Waals surface area contributed by atoms with Crippen LogP contribution < -0.4 is 15.6 Å². The molecule has 3 rings (SSSR count). The zero-order valence-electron chi connectivity index (χ0n) is 13.1. The van der Waals surface area contributed by atoms with Crippen molar-refractivity contribution in [3.8, 4) is 5.75 Å². The Morgan fingerprint density at radius 2 is 1.96 bits per heavy atom. The molecule has 1 amide bonds. The first-order valence-corrected chi connectivity index (χ1v) is 8.06. The largest absolute Gasteiger partial charge is 0.496 e. The Morgan fingerprint density at radius 1 is 1.17 bits per heavy atom. The fraction of sp³-hybridized carbons (Fsp3) is 0.111. The smallest absolute Gasteiger partial charge is 0.259 e. The van der Waals surface area contributed by atoms with Crippen LogP contribution in [0.15, 0.2) is 51.7 Å². The number of anilines is 1. The predicted octanol–water partition coefficient (Wildman–Crippen LogP) is 3.86. The van der Waals surface area contributed by atoms with Crippen molar-refractivity contribution in [2.24, 2.45) is 0 Å². The number of methoxy groups -OCH3 is 1. The zero-order chi connectivity index (χ0) is 17.3. The fourth-order valence-electron chi connectivity index (χ4n) is 2.44. The first-order chi connectivity index (χ1) is 11.5. The van der Waals surface area contributed by atoms with Crippen LogP contribution in [0.5, 0.6) is 5.75 Å². The number of hydrogen-bond donors (Lipinski definition) is 2. The highest BCUT2D eigenvalue weighted by atomic mass is 79.9. The van der Waals surface area contributed by atoms with Crippen LogP contribution in [0.4, 0.5) is 5.69 Å². The monoisotopic (exact) mass is 386 g/mol. The lowest BCUT2D eigenvalue weighted by Gasteiger charge is -2.10. The summed E-state index contributed by atoms with van der Waals surface area (Å²) in [4.78, 5) is 27.1. The lowest BCUT2D eigenvalue weighted by Crippen LogP contribution is -2.14. The highest BCUT2D eigenvalue weighted by Crippen LogP contribution is 2.24. The maximum atomic E-state index is 12.5. The lowest BCUT2D eigenvalue weighted by molar-refractivity contribution is 0.102. The van der Waals surface area contributed by atoms with Gasteiger partial charge in [0.05, 0.1) is 18.2 Å². The van der Waals surface area contributed by atoms with Crippen LogP contribution in [-0.4, -0.2) is 18.0 Å². The number of benzene rings is 2. The van der Waals surface area contributed by atoms with Crippen LogP contribution in [0.3, 0.4) is 0 Å². The minimum atomic E-state index is -0.290. The summed E-state index contributed by atoms with van der Waals surface area (Å²) in [5.74, 6) is 0.197. The molecule has 0 unspecified atom stereocenters. The molecule has 0 aliphatic carbocycles. The van der Waals surface area contributed by atoms with Crippen LogP contribution in [0.1, 0.15) is 15.9 Å². The van der Waals surface area contributed by atoms with E-state index < -0.39 is 0 Å². The van der Waals surface area contributed by atoms with E-state index in [1.165, 1.54) is 7.11 Å². The Labute approximate surface area is 146 Å². The highest BCUT2D eigenvalue weighted by molar-refractivity contribution is 9.10. The van der Waals surface area contributed by atoms with E-state index in [0.29, 0.717) is 28.1 Å². The molecule has 122 valence electrons. The number of amides is 1. The predicted molar refractivity (Wildman–Crippen MR) is 98.0 cm³/mol. The molecule has 0 atom stereocenters. The maximum Gasteiger partial charge on any atom is 0.259 e. The van der Waals surface area contributed by atoms with Gasteiger partial charge in [0.15, 0.2) is 0 Å². The van der Waals surface area contributed by atoms with E-state index in [4.69, 9.17) is 4.74 Å². The van der Waals surface area contributed by atoms with Crippen molar-refractivity contribution in [3.05, 3.63) is 68.4 Å². The number of hydrogen-bond acceptors (Lipinski definition) is 3. The quantitative estimate of drug-likeness (QED) is 0.717. The van der Waals surface area contributed by atoms with E-state index in [9.17, 15) is 9.59 Å². The number of halogens is 1. The van der Waals surface area contributed by atoms with Gasteiger partial charge in [0.1, 0.15) is 5.75 Å². The molecule has 2 N–H and O–H groups in total. The lowest BCUT2D eigenvalue weighted by atomic mass is 10.1. The summed E-state index contributed by atoms with van der Waals surface area (Å²) in [6.45, 7) is 1.76. The molecule has 24 heavy (non-hydrogen) atoms. The maximum absolute atomic E-state index is 12.5. The van der Waals surface area contributed by atoms with Crippen molar-refractivity contribution in [2.75, 3.05) is 12.4 Å². The standard InChI is InChI=1S/C18H15BrN2O3/c1-10-7-11-3-5-13(9-15(11)21-17(10)22)20-18(23)14-8-12(19)4-6-16(14)24-2/h3-9H,1-2H3,(H,20,23)(H,21,22). The number of fused-ring (bicyclic) bond motifs is 1. The molecule has 0 bridgehead atoms. The number of aromatic nitrogens is 1. The minimum absolute atomic E-state index is 0.139. The molecular weight excluding hydrogens is 372 g/mol. The summed E-state index contributed by atoms with van der Waals surface area (Å²) < 4.78 is 6.01. The van der Waals surface area contributed by atoms with Crippen molar-refractivity contribution < 1.29 is 9.53 Å². The molecule has 6 heteroatoms. The van der Waals surface area contributed by atoms with Gasteiger partial charge in [-0.15, -0.1) is 0 Å². The average molecular weight is 387 g/mol. The Balaban J connectivity index is 1.95. The van der Waals surface area contributed by atoms with Gasteiger partial charge in [-0.2, -0.15) is 0 Å². The molecule has 0 spiro atoms. The van der Waals surface area contributed by atoms with E-state index in [2.05, 4.69) is 26.2 Å². The SMILES string of the molecule is COc1ccc(Br)cc1C(=O)Nc1ccc2cc(C)c(=O)[nH]c2c1. The normalized spacial score (nSPS) is 10.6. The van der Waals surface area contributed by atoms with E-state index in [0.717, 1.165) is 9.86 Å². The molecule has 1 heterocycles. The van der Waals surface area contributed by atoms with Gasteiger partial charge in [0.25, 0.3) is 11.5 Å². The summed E-state index contributed by atoms with van der Waals surface area (Å²) >= 11 is 3.35. The number of H-pyrrole nitrogens is 1. The van der Waals surface area contributed by atoms with E-state index in [1.54, 1.807) is 37.3 Å². The number of nitrogens with one attached hydrogen (secondary N) is 2. The molecule has 3 aromatic rings. The van der Waals surface area contributed by atoms with Crippen LogP contribution in [0.2, 0.25) is 0 Å². The molecule has 0 saturated heterocycles. The topological polar surface area (TPSA) is 71.2 Å².